The quantitative estimate of drug-likeness (QED) is 0.151. The Morgan fingerprint density at radius 3 is 0.952 bits per heavy atom. The van der Waals surface area contributed by atoms with E-state index < -0.39 is 0 Å². The van der Waals surface area contributed by atoms with E-state index in [-0.39, 0.29) is 0 Å². The van der Waals surface area contributed by atoms with Crippen LogP contribution in [0.1, 0.15) is 134 Å². The molecule has 0 atom stereocenters. The topological polar surface area (TPSA) is 48.4 Å². The third-order valence-electron chi connectivity index (χ3n) is 25.7. The molecule has 0 bridgehead atoms. The summed E-state index contributed by atoms with van der Waals surface area (Å²) < 4.78 is 0. The highest BCUT2D eigenvalue weighted by Crippen LogP contribution is 2.60. The number of aromatic nitrogens is 3. The molecule has 9 heterocycles. The van der Waals surface area contributed by atoms with Crippen LogP contribution in [0.2, 0.25) is 0 Å². The maximum atomic E-state index is 4.93. The van der Waals surface area contributed by atoms with Crippen LogP contribution in [0.3, 0.4) is 0 Å². The Bertz CT molecular complexity index is 5900. The second kappa shape index (κ2) is 21.1. The van der Waals surface area contributed by atoms with E-state index in [0.717, 1.165) is 77.0 Å². The van der Waals surface area contributed by atoms with Gasteiger partial charge in [0.2, 0.25) is 0 Å². The van der Waals surface area contributed by atoms with E-state index in [1.54, 1.807) is 0 Å². The predicted octanol–water partition coefficient (Wildman–Crippen LogP) is 22.5. The minimum Gasteiger partial charge on any atom is -0.309 e. The zero-order chi connectivity index (χ0) is 68.0. The van der Waals surface area contributed by atoms with Crippen LogP contribution in [0.4, 0.5) is 51.2 Å². The lowest BCUT2D eigenvalue weighted by molar-refractivity contribution is 0.959. The number of pyridine rings is 3. The van der Waals surface area contributed by atoms with Crippen LogP contribution in [0.5, 0.6) is 0 Å². The Balaban J connectivity index is 0.0000000914. The van der Waals surface area contributed by atoms with E-state index in [2.05, 4.69) is 258 Å². The highest BCUT2D eigenvalue weighted by atomic mass is 15.2. The largest absolute Gasteiger partial charge is 0.309 e. The average Bonchev–Trinajstić information content (AvgIpc) is 1.65. The standard InChI is InChI=1S/3C33H22N2/c1-3-7-26-19(5-1)12-22-16-31-23(14-28(22)26)13-24-17-34-18-25-15-29-30(35(31)33(24)25)10-9-21-11-20-6-2-4-8-27(20)32(21)29;1-3-7-25-19(5-1)14-23-18-31-24(16-27(23)25)17-29-33-22(11-12-34-29)15-28-30(35(31)33)10-9-21-13-20-6-2-4-8-26(20)32(21)28;1-3-7-25-19(5-1)14-23-17-31-24(16-27(23)25)15-22-11-12-34-29-18-28-30(35(31)33(22)29)10-9-21-13-20-6-2-4-8-26(20)32(21)28/h1-10,14,16-18H,11-13,15H2;1-12,16,18H,13-15,17H2;1-12,16-17H,13-15,18H2. The van der Waals surface area contributed by atoms with Gasteiger partial charge in [0.15, 0.2) is 0 Å². The molecular weight excluding hydrogens is 1270 g/mol. The highest BCUT2D eigenvalue weighted by molar-refractivity contribution is 6.00. The van der Waals surface area contributed by atoms with Crippen molar-refractivity contribution in [2.45, 2.75) is 77.0 Å². The number of nitrogens with zero attached hydrogens (tertiary/aromatic N) is 6. The molecule has 492 valence electrons. The fraction of sp³-hybridized carbons (Fsp3) is 0.121. The Morgan fingerprint density at radius 2 is 0.514 bits per heavy atom. The van der Waals surface area contributed by atoms with Crippen molar-refractivity contribution in [1.82, 2.24) is 15.0 Å². The molecule has 12 aromatic carbocycles. The molecular formula is C99H66N6. The van der Waals surface area contributed by atoms with Gasteiger partial charge in [0.25, 0.3) is 0 Å². The third kappa shape index (κ3) is 8.01. The molecule has 105 heavy (non-hydrogen) atoms. The summed E-state index contributed by atoms with van der Waals surface area (Å²) in [6.45, 7) is 0. The molecule has 0 amide bonds. The predicted molar refractivity (Wildman–Crippen MR) is 423 cm³/mol. The summed E-state index contributed by atoms with van der Waals surface area (Å²) in [5.41, 5.74) is 62.8. The van der Waals surface area contributed by atoms with E-state index in [4.69, 9.17) is 15.0 Å². The van der Waals surface area contributed by atoms with Crippen molar-refractivity contribution >= 4 is 51.2 Å². The maximum absolute atomic E-state index is 4.93. The van der Waals surface area contributed by atoms with Crippen LogP contribution >= 0.6 is 0 Å². The van der Waals surface area contributed by atoms with Crippen molar-refractivity contribution in [3.8, 4) is 66.8 Å². The SMILES string of the molecule is c1ccc2c(c1)Cc1cc3c(cc1-2)Cc1ccnc2c1N3c1ccc3c(c1C2)-c1ccccc1C3.c1ccc2c(c1)Cc1cc3c(cc1-2)Cc1cncc2c1N3c1ccc3c(c1C2)-c1ccccc1C3.c1ccc2c(c1)Cc1cc3c(cc1-2)Cc1nccc2c1N3c1ccc3c(c1C2)-c1ccccc1C3. The van der Waals surface area contributed by atoms with Crippen LogP contribution in [-0.2, 0) is 77.0 Å². The fourth-order valence-electron chi connectivity index (χ4n) is 21.3. The maximum Gasteiger partial charge on any atom is 0.0716 e. The molecule has 6 aliphatic carbocycles. The minimum absolute atomic E-state index is 0.896. The Kier molecular flexibility index (Phi) is 11.5. The van der Waals surface area contributed by atoms with Gasteiger partial charge in [-0.25, -0.2) is 0 Å². The van der Waals surface area contributed by atoms with Gasteiger partial charge in [0.1, 0.15) is 0 Å². The molecule has 0 spiro atoms. The molecule has 6 nitrogen and oxygen atoms in total. The van der Waals surface area contributed by atoms with Crippen molar-refractivity contribution in [2.24, 2.45) is 0 Å². The highest BCUT2D eigenvalue weighted by Gasteiger charge is 2.41. The molecule has 6 aliphatic heterocycles. The zero-order valence-corrected chi connectivity index (χ0v) is 57.9. The van der Waals surface area contributed by atoms with E-state index in [9.17, 15) is 0 Å². The van der Waals surface area contributed by atoms with Crippen LogP contribution in [0.25, 0.3) is 66.8 Å². The smallest absolute Gasteiger partial charge is 0.0716 e. The summed E-state index contributed by atoms with van der Waals surface area (Å²) in [5.74, 6) is 0. The molecule has 0 saturated carbocycles. The van der Waals surface area contributed by atoms with Crippen molar-refractivity contribution in [2.75, 3.05) is 14.7 Å². The summed E-state index contributed by atoms with van der Waals surface area (Å²) in [7, 11) is 0. The van der Waals surface area contributed by atoms with Crippen molar-refractivity contribution in [3.63, 3.8) is 0 Å². The second-order valence-corrected chi connectivity index (χ2v) is 31.1. The first kappa shape index (κ1) is 57.1. The Labute approximate surface area is 609 Å². The number of rotatable bonds is 0. The lowest BCUT2D eigenvalue weighted by Gasteiger charge is -2.40. The van der Waals surface area contributed by atoms with Crippen LogP contribution in [0, 0.1) is 0 Å². The number of benzene rings is 12. The van der Waals surface area contributed by atoms with Crippen molar-refractivity contribution < 1.29 is 0 Å². The van der Waals surface area contributed by atoms with Crippen molar-refractivity contribution in [1.29, 1.82) is 0 Å². The Hall–Kier alpha value is -12.5. The molecule has 6 heteroatoms. The first-order chi connectivity index (χ1) is 52.0. The van der Waals surface area contributed by atoms with Gasteiger partial charge in [-0.05, 0) is 294 Å². The third-order valence-corrected chi connectivity index (χ3v) is 25.7. The molecule has 15 aromatic rings. The average molecular weight is 1340 g/mol. The summed E-state index contributed by atoms with van der Waals surface area (Å²) in [4.78, 5) is 22.2. The van der Waals surface area contributed by atoms with Gasteiger partial charge >= 0.3 is 0 Å². The minimum atomic E-state index is 0.896. The number of anilines is 9. The Morgan fingerprint density at radius 1 is 0.200 bits per heavy atom. The van der Waals surface area contributed by atoms with E-state index in [1.165, 1.54) is 252 Å². The normalized spacial score (nSPS) is 14.9. The van der Waals surface area contributed by atoms with Gasteiger partial charge < -0.3 is 14.7 Å². The molecule has 0 saturated heterocycles. The zero-order valence-electron chi connectivity index (χ0n) is 57.9. The van der Waals surface area contributed by atoms with E-state index in [0.29, 0.717) is 0 Å². The monoisotopic (exact) mass is 1340 g/mol. The first-order valence-electron chi connectivity index (χ1n) is 37.7. The van der Waals surface area contributed by atoms with E-state index >= 15 is 0 Å². The van der Waals surface area contributed by atoms with Crippen molar-refractivity contribution in [3.05, 3.63) is 389 Å². The summed E-state index contributed by atoms with van der Waals surface area (Å²) in [6, 6.07) is 87.0. The van der Waals surface area contributed by atoms with Gasteiger partial charge in [-0.3, -0.25) is 15.0 Å². The molecule has 0 fully saturated rings. The molecule has 0 N–H and O–H groups in total. The lowest BCUT2D eigenvalue weighted by atomic mass is 9.84. The first-order valence-corrected chi connectivity index (χ1v) is 37.7. The molecule has 0 radical (unpaired) electrons. The van der Waals surface area contributed by atoms with Gasteiger partial charge in [-0.15, -0.1) is 0 Å². The van der Waals surface area contributed by atoms with E-state index in [1.807, 2.05) is 12.4 Å². The molecule has 27 rings (SSSR count). The number of hydrogen-bond donors (Lipinski definition) is 0. The molecule has 0 unspecified atom stereocenters. The number of fused-ring (bicyclic) bond motifs is 33. The molecule has 3 aromatic heterocycles. The lowest BCUT2D eigenvalue weighted by Crippen LogP contribution is -2.26. The molecule has 12 aliphatic rings. The fourth-order valence-corrected chi connectivity index (χ4v) is 21.3. The van der Waals surface area contributed by atoms with Gasteiger partial charge in [-0.1, -0.05) is 164 Å². The van der Waals surface area contributed by atoms with Crippen LogP contribution in [0.15, 0.2) is 255 Å². The summed E-state index contributed by atoms with van der Waals surface area (Å²) >= 11 is 0. The summed E-state index contributed by atoms with van der Waals surface area (Å²) in [5, 5.41) is 0. The van der Waals surface area contributed by atoms with Crippen LogP contribution in [-0.4, -0.2) is 15.0 Å². The number of hydrogen-bond acceptors (Lipinski definition) is 6. The van der Waals surface area contributed by atoms with Gasteiger partial charge in [-0.2, -0.15) is 0 Å². The summed E-state index contributed by atoms with van der Waals surface area (Å²) in [6.07, 6.45) is 20.0. The van der Waals surface area contributed by atoms with Gasteiger partial charge in [0, 0.05) is 63.3 Å². The van der Waals surface area contributed by atoms with Crippen LogP contribution < -0.4 is 14.7 Å². The van der Waals surface area contributed by atoms with Gasteiger partial charge in [0.05, 0.1) is 62.6 Å². The second-order valence-electron chi connectivity index (χ2n) is 31.1.